The average Bonchev–Trinajstić information content (AvgIpc) is 3.08. The monoisotopic (exact) mass is 290 g/mol. The molecule has 21 heavy (non-hydrogen) atoms. The smallest absolute Gasteiger partial charge is 0.281 e. The predicted molar refractivity (Wildman–Crippen MR) is 75.0 cm³/mol. The standard InChI is InChI=1S/C14H18N4O3/c1-9-6-10(2)18-13(4-5-15-18)17(9)14(19)12-7-11(8-20-3)21-16-12/h4-5,7,9-10H,6,8H2,1-3H3. The fourth-order valence-corrected chi connectivity index (χ4v) is 2.81. The Labute approximate surface area is 122 Å². The normalized spacial score (nSPS) is 21.4. The van der Waals surface area contributed by atoms with Crippen molar-refractivity contribution in [3.63, 3.8) is 0 Å². The summed E-state index contributed by atoms with van der Waals surface area (Å²) in [6.45, 7) is 4.42. The van der Waals surface area contributed by atoms with Crippen molar-refractivity contribution in [1.82, 2.24) is 14.9 Å². The molecule has 112 valence electrons. The molecule has 0 saturated carbocycles. The van der Waals surface area contributed by atoms with E-state index in [2.05, 4.69) is 17.2 Å². The van der Waals surface area contributed by atoms with Crippen LogP contribution in [0.25, 0.3) is 0 Å². The van der Waals surface area contributed by atoms with Crippen molar-refractivity contribution in [2.24, 2.45) is 0 Å². The number of anilines is 1. The van der Waals surface area contributed by atoms with Crippen LogP contribution in [-0.4, -0.2) is 34.0 Å². The van der Waals surface area contributed by atoms with Crippen LogP contribution in [-0.2, 0) is 11.3 Å². The van der Waals surface area contributed by atoms with E-state index in [1.165, 1.54) is 0 Å². The van der Waals surface area contributed by atoms with Gasteiger partial charge in [-0.25, -0.2) is 4.68 Å². The Kier molecular flexibility index (Phi) is 3.50. The van der Waals surface area contributed by atoms with Gasteiger partial charge in [0.1, 0.15) is 12.4 Å². The van der Waals surface area contributed by atoms with Crippen LogP contribution in [0, 0.1) is 0 Å². The zero-order valence-corrected chi connectivity index (χ0v) is 12.3. The molecule has 0 N–H and O–H groups in total. The van der Waals surface area contributed by atoms with E-state index in [9.17, 15) is 4.79 Å². The fourth-order valence-electron chi connectivity index (χ4n) is 2.81. The molecule has 0 bridgehead atoms. The first-order valence-electron chi connectivity index (χ1n) is 6.93. The second kappa shape index (κ2) is 5.33. The summed E-state index contributed by atoms with van der Waals surface area (Å²) in [6, 6.07) is 3.83. The minimum Gasteiger partial charge on any atom is -0.377 e. The van der Waals surface area contributed by atoms with Crippen LogP contribution < -0.4 is 4.90 Å². The van der Waals surface area contributed by atoms with Gasteiger partial charge in [0.25, 0.3) is 5.91 Å². The van der Waals surface area contributed by atoms with Crippen molar-refractivity contribution >= 4 is 11.7 Å². The SMILES string of the molecule is COCc1cc(C(=O)N2c3ccnn3C(C)CC2C)no1. The minimum absolute atomic E-state index is 0.0827. The lowest BCUT2D eigenvalue weighted by Crippen LogP contribution is -2.45. The molecule has 1 aliphatic heterocycles. The van der Waals surface area contributed by atoms with E-state index >= 15 is 0 Å². The summed E-state index contributed by atoms with van der Waals surface area (Å²) in [5.74, 6) is 1.15. The van der Waals surface area contributed by atoms with Gasteiger partial charge in [0, 0.05) is 25.3 Å². The summed E-state index contributed by atoms with van der Waals surface area (Å²) in [6.07, 6.45) is 2.56. The lowest BCUT2D eigenvalue weighted by molar-refractivity contribution is 0.0957. The van der Waals surface area contributed by atoms with E-state index in [0.29, 0.717) is 12.4 Å². The molecule has 2 atom stereocenters. The van der Waals surface area contributed by atoms with Crippen LogP contribution in [0.5, 0.6) is 0 Å². The van der Waals surface area contributed by atoms with Crippen molar-refractivity contribution < 1.29 is 14.1 Å². The van der Waals surface area contributed by atoms with Gasteiger partial charge < -0.3 is 9.26 Å². The Bertz CT molecular complexity index is 648. The maximum atomic E-state index is 12.7. The quantitative estimate of drug-likeness (QED) is 0.864. The molecular formula is C14H18N4O3. The second-order valence-electron chi connectivity index (χ2n) is 5.35. The lowest BCUT2D eigenvalue weighted by Gasteiger charge is -2.36. The molecule has 2 unspecified atom stereocenters. The highest BCUT2D eigenvalue weighted by atomic mass is 16.5. The van der Waals surface area contributed by atoms with Crippen LogP contribution in [0.4, 0.5) is 5.82 Å². The average molecular weight is 290 g/mol. The fraction of sp³-hybridized carbons (Fsp3) is 0.500. The van der Waals surface area contributed by atoms with Gasteiger partial charge in [0.2, 0.25) is 0 Å². The third-order valence-corrected chi connectivity index (χ3v) is 3.72. The van der Waals surface area contributed by atoms with Gasteiger partial charge in [-0.05, 0) is 20.3 Å². The summed E-state index contributed by atoms with van der Waals surface area (Å²) < 4.78 is 11.9. The van der Waals surface area contributed by atoms with Gasteiger partial charge >= 0.3 is 0 Å². The number of fused-ring (bicyclic) bond motifs is 1. The van der Waals surface area contributed by atoms with Crippen molar-refractivity contribution in [2.75, 3.05) is 12.0 Å². The number of amides is 1. The van der Waals surface area contributed by atoms with E-state index in [1.807, 2.05) is 17.7 Å². The molecule has 0 radical (unpaired) electrons. The van der Waals surface area contributed by atoms with Gasteiger partial charge in [0.05, 0.1) is 12.2 Å². The van der Waals surface area contributed by atoms with E-state index in [4.69, 9.17) is 9.26 Å². The molecule has 0 aliphatic carbocycles. The number of carbonyl (C=O) groups excluding carboxylic acids is 1. The Morgan fingerprint density at radius 1 is 1.48 bits per heavy atom. The van der Waals surface area contributed by atoms with Crippen LogP contribution in [0.1, 0.15) is 42.6 Å². The number of ether oxygens (including phenoxy) is 1. The highest BCUT2D eigenvalue weighted by molar-refractivity contribution is 6.04. The number of hydrogen-bond donors (Lipinski definition) is 0. The van der Waals surface area contributed by atoms with Crippen molar-refractivity contribution in [2.45, 2.75) is 39.0 Å². The Morgan fingerprint density at radius 3 is 3.05 bits per heavy atom. The molecule has 1 amide bonds. The topological polar surface area (TPSA) is 73.4 Å². The van der Waals surface area contributed by atoms with Crippen LogP contribution in [0.2, 0.25) is 0 Å². The third kappa shape index (κ3) is 2.33. The molecule has 0 fully saturated rings. The first-order valence-corrected chi connectivity index (χ1v) is 6.93. The van der Waals surface area contributed by atoms with Gasteiger partial charge in [-0.3, -0.25) is 9.69 Å². The van der Waals surface area contributed by atoms with Crippen molar-refractivity contribution in [3.8, 4) is 0 Å². The maximum absolute atomic E-state index is 12.7. The van der Waals surface area contributed by atoms with E-state index < -0.39 is 0 Å². The summed E-state index contributed by atoms with van der Waals surface area (Å²) in [4.78, 5) is 14.4. The Balaban J connectivity index is 1.92. The van der Waals surface area contributed by atoms with Gasteiger partial charge in [-0.15, -0.1) is 0 Å². The van der Waals surface area contributed by atoms with Crippen LogP contribution >= 0.6 is 0 Å². The number of aromatic nitrogens is 3. The minimum atomic E-state index is -0.178. The number of nitrogens with zero attached hydrogens (tertiary/aromatic N) is 4. The van der Waals surface area contributed by atoms with Gasteiger partial charge in [-0.2, -0.15) is 5.10 Å². The zero-order valence-electron chi connectivity index (χ0n) is 12.3. The molecule has 3 rings (SSSR count). The molecule has 7 nitrogen and oxygen atoms in total. The summed E-state index contributed by atoms with van der Waals surface area (Å²) in [5.41, 5.74) is 0.288. The molecule has 0 saturated heterocycles. The molecule has 2 aromatic rings. The molecule has 0 aromatic carbocycles. The molecule has 7 heteroatoms. The highest BCUT2D eigenvalue weighted by Gasteiger charge is 2.34. The molecular weight excluding hydrogens is 272 g/mol. The first-order chi connectivity index (χ1) is 10.1. The van der Waals surface area contributed by atoms with Gasteiger partial charge in [0.15, 0.2) is 11.5 Å². The molecule has 1 aliphatic rings. The van der Waals surface area contributed by atoms with E-state index in [-0.39, 0.29) is 23.7 Å². The number of rotatable bonds is 3. The maximum Gasteiger partial charge on any atom is 0.281 e. The summed E-state index contributed by atoms with van der Waals surface area (Å²) in [5, 5.41) is 8.14. The van der Waals surface area contributed by atoms with E-state index in [1.54, 1.807) is 24.3 Å². The van der Waals surface area contributed by atoms with Gasteiger partial charge in [-0.1, -0.05) is 5.16 Å². The second-order valence-corrected chi connectivity index (χ2v) is 5.35. The Hall–Kier alpha value is -2.15. The Morgan fingerprint density at radius 2 is 2.29 bits per heavy atom. The largest absolute Gasteiger partial charge is 0.377 e. The first kappa shape index (κ1) is 13.8. The lowest BCUT2D eigenvalue weighted by atomic mass is 10.1. The van der Waals surface area contributed by atoms with Crippen LogP contribution in [0.15, 0.2) is 22.9 Å². The van der Waals surface area contributed by atoms with Crippen LogP contribution in [0.3, 0.4) is 0 Å². The number of carbonyl (C=O) groups is 1. The predicted octanol–water partition coefficient (Wildman–Crippen LogP) is 2.02. The summed E-state index contributed by atoms with van der Waals surface area (Å²) >= 11 is 0. The molecule has 3 heterocycles. The zero-order chi connectivity index (χ0) is 15.0. The van der Waals surface area contributed by atoms with E-state index in [0.717, 1.165) is 12.2 Å². The van der Waals surface area contributed by atoms with Crippen molar-refractivity contribution in [1.29, 1.82) is 0 Å². The molecule has 0 spiro atoms. The third-order valence-electron chi connectivity index (χ3n) is 3.72. The highest BCUT2D eigenvalue weighted by Crippen LogP contribution is 2.32. The van der Waals surface area contributed by atoms with Crippen molar-refractivity contribution in [3.05, 3.63) is 29.8 Å². The molecule has 2 aromatic heterocycles. The number of hydrogen-bond acceptors (Lipinski definition) is 5. The summed E-state index contributed by atoms with van der Waals surface area (Å²) in [7, 11) is 1.57. The number of methoxy groups -OCH3 is 1.